The number of aryl methyl sites for hydroxylation is 2. The predicted octanol–water partition coefficient (Wildman–Crippen LogP) is 3.82. The largest absolute Gasteiger partial charge is 0.368 e. The van der Waals surface area contributed by atoms with Crippen LogP contribution < -0.4 is 10.2 Å². The van der Waals surface area contributed by atoms with Crippen LogP contribution in [0.25, 0.3) is 0 Å². The summed E-state index contributed by atoms with van der Waals surface area (Å²) in [5.74, 6) is 0. The lowest BCUT2D eigenvalue weighted by molar-refractivity contribution is 0.391. The fraction of sp³-hybridized carbons (Fsp3) is 0.316. The Labute approximate surface area is 143 Å². The highest BCUT2D eigenvalue weighted by Gasteiger charge is 2.19. The summed E-state index contributed by atoms with van der Waals surface area (Å²) in [5.41, 5.74) is 4.88. The summed E-state index contributed by atoms with van der Waals surface area (Å²) in [7, 11) is 0. The number of hydrogen-bond donors (Lipinski definition) is 1. The molecule has 0 bridgehead atoms. The van der Waals surface area contributed by atoms with Crippen LogP contribution in [0.15, 0.2) is 48.5 Å². The van der Waals surface area contributed by atoms with Gasteiger partial charge < -0.3 is 15.1 Å². The lowest BCUT2D eigenvalue weighted by atomic mass is 10.1. The van der Waals surface area contributed by atoms with Crippen LogP contribution in [0, 0.1) is 13.8 Å². The average Bonchev–Trinajstić information content (AvgIpc) is 2.55. The Morgan fingerprint density at radius 1 is 0.913 bits per heavy atom. The van der Waals surface area contributed by atoms with E-state index >= 15 is 0 Å². The van der Waals surface area contributed by atoms with E-state index in [1.807, 2.05) is 0 Å². The van der Waals surface area contributed by atoms with Crippen LogP contribution in [-0.4, -0.2) is 36.2 Å². The van der Waals surface area contributed by atoms with E-state index in [-0.39, 0.29) is 0 Å². The minimum atomic E-state index is 0.822. The van der Waals surface area contributed by atoms with Crippen molar-refractivity contribution in [3.63, 3.8) is 0 Å². The van der Waals surface area contributed by atoms with Crippen LogP contribution >= 0.6 is 12.2 Å². The molecule has 1 heterocycles. The Kier molecular flexibility index (Phi) is 4.82. The van der Waals surface area contributed by atoms with Gasteiger partial charge in [0.15, 0.2) is 5.11 Å². The molecule has 1 aliphatic heterocycles. The fourth-order valence-electron chi connectivity index (χ4n) is 3.06. The van der Waals surface area contributed by atoms with Gasteiger partial charge in [-0.2, -0.15) is 0 Å². The van der Waals surface area contributed by atoms with Crippen molar-refractivity contribution in [1.29, 1.82) is 0 Å². The number of nitrogens with zero attached hydrogens (tertiary/aromatic N) is 2. The van der Waals surface area contributed by atoms with Crippen molar-refractivity contribution in [3.05, 3.63) is 59.7 Å². The van der Waals surface area contributed by atoms with Crippen molar-refractivity contribution in [2.45, 2.75) is 13.8 Å². The molecule has 2 aromatic carbocycles. The Hall–Kier alpha value is -2.07. The summed E-state index contributed by atoms with van der Waals surface area (Å²) in [4.78, 5) is 4.67. The van der Waals surface area contributed by atoms with Gasteiger partial charge in [0.05, 0.1) is 0 Å². The molecule has 0 radical (unpaired) electrons. The monoisotopic (exact) mass is 325 g/mol. The van der Waals surface area contributed by atoms with Crippen LogP contribution in [0.3, 0.4) is 0 Å². The molecule has 0 atom stereocenters. The molecule has 2 aromatic rings. The van der Waals surface area contributed by atoms with Crippen LogP contribution in [0.4, 0.5) is 11.4 Å². The third kappa shape index (κ3) is 4.02. The summed E-state index contributed by atoms with van der Waals surface area (Å²) in [5, 5.41) is 4.21. The standard InChI is InChI=1S/C19H23N3S/c1-15-12-16(2)14-17(13-15)20-19(23)22-10-8-21(9-11-22)18-6-4-3-5-7-18/h3-7,12-14H,8-11H2,1-2H3,(H,20,23). The summed E-state index contributed by atoms with van der Waals surface area (Å²) in [6.07, 6.45) is 0. The van der Waals surface area contributed by atoms with Gasteiger partial charge in [-0.1, -0.05) is 24.3 Å². The van der Waals surface area contributed by atoms with Crippen LogP contribution in [0.2, 0.25) is 0 Å². The molecule has 1 aliphatic rings. The minimum Gasteiger partial charge on any atom is -0.368 e. The summed E-state index contributed by atoms with van der Waals surface area (Å²) < 4.78 is 0. The topological polar surface area (TPSA) is 18.5 Å². The lowest BCUT2D eigenvalue weighted by Gasteiger charge is -2.37. The first-order valence-corrected chi connectivity index (χ1v) is 8.47. The van der Waals surface area contributed by atoms with Crippen molar-refractivity contribution in [2.24, 2.45) is 0 Å². The van der Waals surface area contributed by atoms with Crippen molar-refractivity contribution >= 4 is 28.7 Å². The van der Waals surface area contributed by atoms with Gasteiger partial charge in [-0.3, -0.25) is 0 Å². The highest BCUT2D eigenvalue weighted by Crippen LogP contribution is 2.17. The molecule has 0 saturated carbocycles. The smallest absolute Gasteiger partial charge is 0.173 e. The highest BCUT2D eigenvalue weighted by atomic mass is 32.1. The fourth-order valence-corrected chi connectivity index (χ4v) is 3.36. The molecular weight excluding hydrogens is 302 g/mol. The molecule has 0 unspecified atom stereocenters. The van der Waals surface area contributed by atoms with Gasteiger partial charge in [-0.25, -0.2) is 0 Å². The summed E-state index contributed by atoms with van der Waals surface area (Å²) >= 11 is 5.59. The van der Waals surface area contributed by atoms with E-state index in [9.17, 15) is 0 Å². The quantitative estimate of drug-likeness (QED) is 0.846. The normalized spacial score (nSPS) is 14.7. The number of thiocarbonyl (C=S) groups is 1. The molecular formula is C19H23N3S. The summed E-state index contributed by atoms with van der Waals surface area (Å²) in [6, 6.07) is 17.0. The summed E-state index contributed by atoms with van der Waals surface area (Å²) in [6.45, 7) is 8.12. The molecule has 3 nitrogen and oxygen atoms in total. The van der Waals surface area contributed by atoms with E-state index in [1.54, 1.807) is 0 Å². The van der Waals surface area contributed by atoms with Crippen molar-refractivity contribution in [1.82, 2.24) is 4.90 Å². The number of piperazine rings is 1. The van der Waals surface area contributed by atoms with E-state index in [0.29, 0.717) is 0 Å². The molecule has 1 fully saturated rings. The van der Waals surface area contributed by atoms with Crippen molar-refractivity contribution in [3.8, 4) is 0 Å². The molecule has 4 heteroatoms. The van der Waals surface area contributed by atoms with Gasteiger partial charge in [0.1, 0.15) is 0 Å². The van der Waals surface area contributed by atoms with Crippen molar-refractivity contribution in [2.75, 3.05) is 36.4 Å². The number of para-hydroxylation sites is 1. The molecule has 0 aromatic heterocycles. The maximum Gasteiger partial charge on any atom is 0.173 e. The lowest BCUT2D eigenvalue weighted by Crippen LogP contribution is -2.50. The molecule has 0 amide bonds. The van der Waals surface area contributed by atoms with Gasteiger partial charge in [-0.15, -0.1) is 0 Å². The van der Waals surface area contributed by atoms with Crippen LogP contribution in [-0.2, 0) is 0 Å². The SMILES string of the molecule is Cc1cc(C)cc(NC(=S)N2CCN(c3ccccc3)CC2)c1. The zero-order chi connectivity index (χ0) is 16.2. The Morgan fingerprint density at radius 3 is 2.13 bits per heavy atom. The van der Waals surface area contributed by atoms with Gasteiger partial charge in [-0.05, 0) is 61.5 Å². The van der Waals surface area contributed by atoms with Gasteiger partial charge >= 0.3 is 0 Å². The highest BCUT2D eigenvalue weighted by molar-refractivity contribution is 7.80. The van der Waals surface area contributed by atoms with E-state index in [0.717, 1.165) is 37.0 Å². The molecule has 0 spiro atoms. The van der Waals surface area contributed by atoms with E-state index < -0.39 is 0 Å². The third-order valence-electron chi connectivity index (χ3n) is 4.16. The molecule has 1 N–H and O–H groups in total. The second-order valence-electron chi connectivity index (χ2n) is 6.12. The Balaban J connectivity index is 1.58. The number of benzene rings is 2. The Morgan fingerprint density at radius 2 is 1.52 bits per heavy atom. The van der Waals surface area contributed by atoms with Crippen molar-refractivity contribution < 1.29 is 0 Å². The third-order valence-corrected chi connectivity index (χ3v) is 4.52. The first-order chi connectivity index (χ1) is 11.1. The number of nitrogens with one attached hydrogen (secondary N) is 1. The number of hydrogen-bond acceptors (Lipinski definition) is 2. The second kappa shape index (κ2) is 7.01. The maximum absolute atomic E-state index is 5.59. The van der Waals surface area contributed by atoms with Crippen LogP contribution in [0.5, 0.6) is 0 Å². The predicted molar refractivity (Wildman–Crippen MR) is 102 cm³/mol. The zero-order valence-corrected chi connectivity index (χ0v) is 14.6. The second-order valence-corrected chi connectivity index (χ2v) is 6.50. The van der Waals surface area contributed by atoms with Gasteiger partial charge in [0.25, 0.3) is 0 Å². The van der Waals surface area contributed by atoms with E-state index in [4.69, 9.17) is 12.2 Å². The molecule has 1 saturated heterocycles. The molecule has 120 valence electrons. The Bertz CT molecular complexity index is 656. The minimum absolute atomic E-state index is 0.822. The van der Waals surface area contributed by atoms with Crippen LogP contribution in [0.1, 0.15) is 11.1 Å². The molecule has 3 rings (SSSR count). The van der Waals surface area contributed by atoms with Gasteiger partial charge in [0, 0.05) is 37.6 Å². The molecule has 0 aliphatic carbocycles. The first-order valence-electron chi connectivity index (χ1n) is 8.06. The van der Waals surface area contributed by atoms with E-state index in [2.05, 4.69) is 77.5 Å². The number of rotatable bonds is 2. The molecule has 23 heavy (non-hydrogen) atoms. The van der Waals surface area contributed by atoms with E-state index in [1.165, 1.54) is 16.8 Å². The average molecular weight is 325 g/mol. The maximum atomic E-state index is 5.59. The zero-order valence-electron chi connectivity index (χ0n) is 13.7. The van der Waals surface area contributed by atoms with Gasteiger partial charge in [0.2, 0.25) is 0 Å². The first kappa shape index (κ1) is 15.8. The number of anilines is 2.